The van der Waals surface area contributed by atoms with Crippen LogP contribution in [0.5, 0.6) is 0 Å². The van der Waals surface area contributed by atoms with Crippen LogP contribution >= 0.6 is 0 Å². The number of hydrogen-bond donors (Lipinski definition) is 1. The lowest BCUT2D eigenvalue weighted by atomic mass is 9.74. The van der Waals surface area contributed by atoms with Crippen molar-refractivity contribution in [3.05, 3.63) is 0 Å². The zero-order chi connectivity index (χ0) is 18.0. The molecule has 0 aliphatic carbocycles. The van der Waals surface area contributed by atoms with Crippen LogP contribution in [0.25, 0.3) is 0 Å². The Labute approximate surface area is 138 Å². The van der Waals surface area contributed by atoms with Gasteiger partial charge in [-0.2, -0.15) is 0 Å². The summed E-state index contributed by atoms with van der Waals surface area (Å²) in [5.41, 5.74) is 0.235. The molecule has 0 aromatic heterocycles. The molecule has 4 nitrogen and oxygen atoms in total. The van der Waals surface area contributed by atoms with E-state index < -0.39 is 0 Å². The van der Waals surface area contributed by atoms with Gasteiger partial charge in [0.15, 0.2) is 0 Å². The van der Waals surface area contributed by atoms with Crippen molar-refractivity contribution in [2.45, 2.75) is 68.2 Å². The highest BCUT2D eigenvalue weighted by molar-refractivity contribution is 5.77. The molecular weight excluding hydrogens is 276 g/mol. The number of nitrogens with one attached hydrogen (secondary N) is 1. The zero-order valence-electron chi connectivity index (χ0n) is 16.3. The number of ketones is 1. The fourth-order valence-corrected chi connectivity index (χ4v) is 2.84. The van der Waals surface area contributed by atoms with E-state index in [1.807, 2.05) is 25.8 Å². The van der Waals surface area contributed by atoms with Gasteiger partial charge in [0.05, 0.1) is 6.54 Å². The number of carbonyl (C=O) groups is 2. The monoisotopic (exact) mass is 314 g/mol. The highest BCUT2D eigenvalue weighted by atomic mass is 16.1. The van der Waals surface area contributed by atoms with Crippen LogP contribution in [0, 0.1) is 10.8 Å². The molecule has 0 rings (SSSR count). The molecule has 0 saturated carbocycles. The van der Waals surface area contributed by atoms with Crippen LogP contribution in [0.3, 0.4) is 0 Å². The standard InChI is InChI=1S/C16H32N2O2.C2H6/c1-13(19)11-18(7)9-8-17-14(20)10-16(5,6)12-15(2,3)4;1-2/h8-12H2,1-7H3,(H,17,20);1-2H3. The fourth-order valence-electron chi connectivity index (χ4n) is 2.84. The van der Waals surface area contributed by atoms with Gasteiger partial charge in [0, 0.05) is 19.5 Å². The quantitative estimate of drug-likeness (QED) is 0.746. The van der Waals surface area contributed by atoms with E-state index in [-0.39, 0.29) is 22.5 Å². The van der Waals surface area contributed by atoms with Crippen molar-refractivity contribution in [3.63, 3.8) is 0 Å². The van der Waals surface area contributed by atoms with E-state index >= 15 is 0 Å². The summed E-state index contributed by atoms with van der Waals surface area (Å²) in [5.74, 6) is 0.237. The van der Waals surface area contributed by atoms with E-state index in [4.69, 9.17) is 0 Å². The van der Waals surface area contributed by atoms with Gasteiger partial charge in [-0.1, -0.05) is 48.5 Å². The zero-order valence-corrected chi connectivity index (χ0v) is 16.3. The summed E-state index contributed by atoms with van der Waals surface area (Å²) in [6.45, 7) is 18.2. The fraction of sp³-hybridized carbons (Fsp3) is 0.889. The summed E-state index contributed by atoms with van der Waals surface area (Å²) in [6, 6.07) is 0. The maximum absolute atomic E-state index is 12.0. The van der Waals surface area contributed by atoms with Crippen molar-refractivity contribution in [1.82, 2.24) is 10.2 Å². The first-order valence-corrected chi connectivity index (χ1v) is 8.36. The first-order chi connectivity index (χ1) is 9.91. The Kier molecular flexibility index (Phi) is 11.4. The molecule has 132 valence electrons. The van der Waals surface area contributed by atoms with Crippen molar-refractivity contribution < 1.29 is 9.59 Å². The molecule has 22 heavy (non-hydrogen) atoms. The van der Waals surface area contributed by atoms with Crippen molar-refractivity contribution >= 4 is 11.7 Å². The van der Waals surface area contributed by atoms with Gasteiger partial charge < -0.3 is 5.32 Å². The highest BCUT2D eigenvalue weighted by Crippen LogP contribution is 2.35. The third-order valence-corrected chi connectivity index (χ3v) is 2.96. The van der Waals surface area contributed by atoms with Gasteiger partial charge in [-0.05, 0) is 31.2 Å². The van der Waals surface area contributed by atoms with Gasteiger partial charge in [-0.3, -0.25) is 14.5 Å². The third-order valence-electron chi connectivity index (χ3n) is 2.96. The van der Waals surface area contributed by atoms with Crippen LogP contribution in [0.1, 0.15) is 68.2 Å². The molecule has 1 N–H and O–H groups in total. The number of likely N-dealkylation sites (N-methyl/N-ethyl adjacent to an activating group) is 1. The largest absolute Gasteiger partial charge is 0.355 e. The summed E-state index contributed by atoms with van der Waals surface area (Å²) in [5, 5.41) is 2.94. The van der Waals surface area contributed by atoms with Crippen LogP contribution in [0.2, 0.25) is 0 Å². The number of rotatable bonds is 8. The molecule has 1 amide bonds. The van der Waals surface area contributed by atoms with E-state index in [0.29, 0.717) is 26.1 Å². The second-order valence-electron chi connectivity index (χ2n) is 7.87. The second kappa shape index (κ2) is 10.8. The number of amides is 1. The lowest BCUT2D eigenvalue weighted by Crippen LogP contribution is -2.37. The molecule has 0 spiro atoms. The molecule has 0 radical (unpaired) electrons. The van der Waals surface area contributed by atoms with Gasteiger partial charge in [0.2, 0.25) is 5.91 Å². The normalized spacial score (nSPS) is 11.7. The summed E-state index contributed by atoms with van der Waals surface area (Å²) in [4.78, 5) is 24.8. The van der Waals surface area contributed by atoms with Crippen molar-refractivity contribution in [1.29, 1.82) is 0 Å². The first kappa shape index (κ1) is 23.4. The maximum Gasteiger partial charge on any atom is 0.220 e. The Hall–Kier alpha value is -0.900. The topological polar surface area (TPSA) is 49.4 Å². The first-order valence-electron chi connectivity index (χ1n) is 8.36. The molecular formula is C18H38N2O2. The molecule has 0 aliphatic rings. The lowest BCUT2D eigenvalue weighted by Gasteiger charge is -2.32. The third kappa shape index (κ3) is 15.5. The van der Waals surface area contributed by atoms with Crippen LogP contribution in [0.4, 0.5) is 0 Å². The van der Waals surface area contributed by atoms with E-state index in [1.165, 1.54) is 0 Å². The van der Waals surface area contributed by atoms with Gasteiger partial charge in [0.25, 0.3) is 0 Å². The van der Waals surface area contributed by atoms with Gasteiger partial charge >= 0.3 is 0 Å². The van der Waals surface area contributed by atoms with Gasteiger partial charge in [0.1, 0.15) is 5.78 Å². The van der Waals surface area contributed by atoms with E-state index in [0.717, 1.165) is 6.42 Å². The number of carbonyl (C=O) groups excluding carboxylic acids is 2. The Bertz CT molecular complexity index is 330. The van der Waals surface area contributed by atoms with Gasteiger partial charge in [-0.15, -0.1) is 0 Å². The van der Waals surface area contributed by atoms with E-state index in [9.17, 15) is 9.59 Å². The predicted octanol–water partition coefficient (Wildman–Crippen LogP) is 3.50. The average molecular weight is 315 g/mol. The SMILES string of the molecule is CC.CC(=O)CN(C)CCNC(=O)CC(C)(C)CC(C)(C)C. The van der Waals surface area contributed by atoms with Crippen LogP contribution in [-0.2, 0) is 9.59 Å². The molecule has 0 unspecified atom stereocenters. The highest BCUT2D eigenvalue weighted by Gasteiger charge is 2.27. The minimum atomic E-state index is 0.00756. The van der Waals surface area contributed by atoms with Crippen molar-refractivity contribution in [2.24, 2.45) is 10.8 Å². The molecule has 0 aromatic carbocycles. The molecule has 0 aromatic rings. The molecule has 0 heterocycles. The number of Topliss-reactive ketones (excluding diaryl/α,β-unsaturated/α-hetero) is 1. The van der Waals surface area contributed by atoms with Gasteiger partial charge in [-0.25, -0.2) is 0 Å². The van der Waals surface area contributed by atoms with Crippen LogP contribution in [0.15, 0.2) is 0 Å². The summed E-state index contributed by atoms with van der Waals surface area (Å²) in [7, 11) is 1.89. The lowest BCUT2D eigenvalue weighted by molar-refractivity contribution is -0.123. The van der Waals surface area contributed by atoms with Crippen molar-refractivity contribution in [3.8, 4) is 0 Å². The summed E-state index contributed by atoms with van der Waals surface area (Å²) in [6.07, 6.45) is 1.55. The Morgan fingerprint density at radius 1 is 1.05 bits per heavy atom. The molecule has 0 saturated heterocycles. The maximum atomic E-state index is 12.0. The summed E-state index contributed by atoms with van der Waals surface area (Å²) < 4.78 is 0. The Morgan fingerprint density at radius 3 is 1.95 bits per heavy atom. The summed E-state index contributed by atoms with van der Waals surface area (Å²) >= 11 is 0. The molecule has 4 heteroatoms. The second-order valence-corrected chi connectivity index (χ2v) is 7.87. The predicted molar refractivity (Wildman–Crippen MR) is 95.0 cm³/mol. The average Bonchev–Trinajstić information content (AvgIpc) is 2.25. The minimum Gasteiger partial charge on any atom is -0.355 e. The molecule has 0 atom stereocenters. The van der Waals surface area contributed by atoms with E-state index in [1.54, 1.807) is 6.92 Å². The Balaban J connectivity index is 0. The van der Waals surface area contributed by atoms with Crippen LogP contribution in [-0.4, -0.2) is 43.3 Å². The minimum absolute atomic E-state index is 0.00756. The van der Waals surface area contributed by atoms with Crippen molar-refractivity contribution in [2.75, 3.05) is 26.7 Å². The Morgan fingerprint density at radius 2 is 1.55 bits per heavy atom. The number of nitrogens with zero attached hydrogens (tertiary/aromatic N) is 1. The smallest absolute Gasteiger partial charge is 0.220 e. The molecule has 0 bridgehead atoms. The van der Waals surface area contributed by atoms with Crippen LogP contribution < -0.4 is 5.32 Å². The van der Waals surface area contributed by atoms with E-state index in [2.05, 4.69) is 39.9 Å². The molecule has 0 fully saturated rings. The molecule has 0 aliphatic heterocycles. The number of hydrogen-bond acceptors (Lipinski definition) is 3.